The van der Waals surface area contributed by atoms with Gasteiger partial charge >= 0.3 is 0 Å². The highest BCUT2D eigenvalue weighted by molar-refractivity contribution is 5.96. The number of amidine groups is 1. The molecule has 0 aliphatic carbocycles. The second-order valence-electron chi connectivity index (χ2n) is 3.87. The summed E-state index contributed by atoms with van der Waals surface area (Å²) in [7, 11) is 1.45. The lowest BCUT2D eigenvalue weighted by Gasteiger charge is -2.29. The van der Waals surface area contributed by atoms with Crippen LogP contribution in [0.2, 0.25) is 0 Å². The highest BCUT2D eigenvalue weighted by Gasteiger charge is 2.17. The molecule has 1 heterocycles. The summed E-state index contributed by atoms with van der Waals surface area (Å²) < 4.78 is 18.4. The summed E-state index contributed by atoms with van der Waals surface area (Å²) in [4.78, 5) is 1.85. The molecule has 2 rings (SSSR count). The number of halogens is 1. The minimum absolute atomic E-state index is 0.243. The molecule has 0 aromatic heterocycles. The normalized spacial score (nSPS) is 16.4. The summed E-state index contributed by atoms with van der Waals surface area (Å²) in [5.74, 6) is 0.432. The highest BCUT2D eigenvalue weighted by atomic mass is 19.1. The van der Waals surface area contributed by atoms with Crippen LogP contribution in [0.15, 0.2) is 18.2 Å². The minimum atomic E-state index is -0.377. The Labute approximate surface area is 94.3 Å². The number of anilines is 1. The fourth-order valence-electron chi connectivity index (χ4n) is 1.94. The van der Waals surface area contributed by atoms with Crippen molar-refractivity contribution in [1.29, 1.82) is 5.41 Å². The summed E-state index contributed by atoms with van der Waals surface area (Å²) in [6, 6.07) is 4.83. The first-order chi connectivity index (χ1) is 7.72. The fourth-order valence-corrected chi connectivity index (χ4v) is 1.94. The van der Waals surface area contributed by atoms with Gasteiger partial charge in [-0.25, -0.2) is 4.39 Å². The zero-order valence-electron chi connectivity index (χ0n) is 9.29. The van der Waals surface area contributed by atoms with Gasteiger partial charge in [-0.2, -0.15) is 0 Å². The van der Waals surface area contributed by atoms with E-state index < -0.39 is 0 Å². The molecule has 1 aromatic carbocycles. The number of methoxy groups -OCH3 is 1. The molecule has 1 aromatic rings. The van der Waals surface area contributed by atoms with Crippen molar-refractivity contribution >= 4 is 11.5 Å². The van der Waals surface area contributed by atoms with Crippen molar-refractivity contribution in [2.24, 2.45) is 0 Å². The Bertz CT molecular complexity index is 406. The van der Waals surface area contributed by atoms with Gasteiger partial charge in [-0.05, 0) is 25.0 Å². The Morgan fingerprint density at radius 1 is 1.38 bits per heavy atom. The SMILES string of the molecule is COc1ccc(N2CCCCC2=N)cc1F. The molecule has 0 amide bonds. The summed E-state index contributed by atoms with van der Waals surface area (Å²) in [5.41, 5.74) is 0.739. The second kappa shape index (κ2) is 4.51. The molecule has 1 saturated heterocycles. The minimum Gasteiger partial charge on any atom is -0.494 e. The van der Waals surface area contributed by atoms with Crippen LogP contribution < -0.4 is 9.64 Å². The molecule has 16 heavy (non-hydrogen) atoms. The van der Waals surface area contributed by atoms with Gasteiger partial charge in [0.1, 0.15) is 5.84 Å². The average molecular weight is 222 g/mol. The van der Waals surface area contributed by atoms with Crippen molar-refractivity contribution < 1.29 is 9.13 Å². The zero-order chi connectivity index (χ0) is 11.5. The van der Waals surface area contributed by atoms with Crippen molar-refractivity contribution in [1.82, 2.24) is 0 Å². The van der Waals surface area contributed by atoms with Crippen LogP contribution in [0.5, 0.6) is 5.75 Å². The monoisotopic (exact) mass is 222 g/mol. The third kappa shape index (κ3) is 2.01. The number of piperidine rings is 1. The summed E-state index contributed by atoms with van der Waals surface area (Å²) in [6.45, 7) is 0.796. The molecule has 0 spiro atoms. The summed E-state index contributed by atoms with van der Waals surface area (Å²) in [6.07, 6.45) is 2.87. The van der Waals surface area contributed by atoms with E-state index in [2.05, 4.69) is 0 Å². The van der Waals surface area contributed by atoms with Gasteiger partial charge in [-0.15, -0.1) is 0 Å². The first-order valence-corrected chi connectivity index (χ1v) is 5.41. The van der Waals surface area contributed by atoms with Crippen LogP contribution >= 0.6 is 0 Å². The number of nitrogens with one attached hydrogen (secondary N) is 1. The molecule has 0 saturated carbocycles. The largest absolute Gasteiger partial charge is 0.494 e. The smallest absolute Gasteiger partial charge is 0.167 e. The van der Waals surface area contributed by atoms with Crippen molar-refractivity contribution in [2.75, 3.05) is 18.6 Å². The van der Waals surface area contributed by atoms with Crippen molar-refractivity contribution in [3.8, 4) is 5.75 Å². The van der Waals surface area contributed by atoms with Crippen molar-refractivity contribution in [3.05, 3.63) is 24.0 Å². The lowest BCUT2D eigenvalue weighted by atomic mass is 10.1. The Morgan fingerprint density at radius 3 is 2.81 bits per heavy atom. The van der Waals surface area contributed by atoms with Crippen LogP contribution in [0.25, 0.3) is 0 Å². The van der Waals surface area contributed by atoms with E-state index in [0.717, 1.165) is 31.5 Å². The van der Waals surface area contributed by atoms with Gasteiger partial charge in [0.15, 0.2) is 11.6 Å². The van der Waals surface area contributed by atoms with Crippen LogP contribution in [-0.2, 0) is 0 Å². The third-order valence-electron chi connectivity index (χ3n) is 2.82. The number of benzene rings is 1. The lowest BCUT2D eigenvalue weighted by molar-refractivity contribution is 0.386. The van der Waals surface area contributed by atoms with E-state index in [4.69, 9.17) is 10.1 Å². The molecule has 1 aliphatic heterocycles. The van der Waals surface area contributed by atoms with E-state index in [1.807, 2.05) is 4.90 Å². The topological polar surface area (TPSA) is 36.3 Å². The van der Waals surface area contributed by atoms with Gasteiger partial charge in [-0.3, -0.25) is 5.41 Å². The zero-order valence-corrected chi connectivity index (χ0v) is 9.29. The second-order valence-corrected chi connectivity index (χ2v) is 3.87. The molecule has 4 heteroatoms. The van der Waals surface area contributed by atoms with Crippen LogP contribution in [0, 0.1) is 11.2 Å². The molecule has 0 unspecified atom stereocenters. The summed E-state index contributed by atoms with van der Waals surface area (Å²) in [5, 5.41) is 7.82. The standard InChI is InChI=1S/C12H15FN2O/c1-16-11-6-5-9(8-10(11)13)15-7-3-2-4-12(15)14/h5-6,8,14H,2-4,7H2,1H3. The Kier molecular flexibility index (Phi) is 3.08. The van der Waals surface area contributed by atoms with Gasteiger partial charge in [-0.1, -0.05) is 0 Å². The molecule has 86 valence electrons. The fraction of sp³-hybridized carbons (Fsp3) is 0.417. The Hall–Kier alpha value is -1.58. The predicted molar refractivity (Wildman–Crippen MR) is 61.9 cm³/mol. The number of hydrogen-bond acceptors (Lipinski definition) is 2. The van der Waals surface area contributed by atoms with Gasteiger partial charge < -0.3 is 9.64 Å². The highest BCUT2D eigenvalue weighted by Crippen LogP contribution is 2.26. The van der Waals surface area contributed by atoms with E-state index in [1.54, 1.807) is 12.1 Å². The van der Waals surface area contributed by atoms with E-state index in [1.165, 1.54) is 13.2 Å². The number of nitrogens with zero attached hydrogens (tertiary/aromatic N) is 1. The average Bonchev–Trinajstić information content (AvgIpc) is 2.29. The number of ether oxygens (including phenoxy) is 1. The molecule has 3 nitrogen and oxygen atoms in total. The van der Waals surface area contributed by atoms with Gasteiger partial charge in [0.05, 0.1) is 7.11 Å². The Balaban J connectivity index is 2.26. The van der Waals surface area contributed by atoms with E-state index in [9.17, 15) is 4.39 Å². The molecule has 0 atom stereocenters. The Morgan fingerprint density at radius 2 is 2.19 bits per heavy atom. The van der Waals surface area contributed by atoms with Crippen LogP contribution in [-0.4, -0.2) is 19.5 Å². The molecule has 1 aliphatic rings. The predicted octanol–water partition coefficient (Wildman–Crippen LogP) is 2.80. The molecule has 1 fully saturated rings. The first kappa shape index (κ1) is 10.9. The van der Waals surface area contributed by atoms with Gasteiger partial charge in [0.25, 0.3) is 0 Å². The quantitative estimate of drug-likeness (QED) is 0.835. The molecule has 0 bridgehead atoms. The maximum atomic E-state index is 13.5. The third-order valence-corrected chi connectivity index (χ3v) is 2.82. The van der Waals surface area contributed by atoms with Crippen molar-refractivity contribution in [3.63, 3.8) is 0 Å². The van der Waals surface area contributed by atoms with E-state index in [0.29, 0.717) is 5.84 Å². The van der Waals surface area contributed by atoms with Crippen LogP contribution in [0.4, 0.5) is 10.1 Å². The van der Waals surface area contributed by atoms with Gasteiger partial charge in [0, 0.05) is 24.7 Å². The maximum absolute atomic E-state index is 13.5. The van der Waals surface area contributed by atoms with Gasteiger partial charge in [0.2, 0.25) is 0 Å². The first-order valence-electron chi connectivity index (χ1n) is 5.41. The maximum Gasteiger partial charge on any atom is 0.167 e. The number of hydrogen-bond donors (Lipinski definition) is 1. The van der Waals surface area contributed by atoms with E-state index in [-0.39, 0.29) is 11.6 Å². The molecule has 1 N–H and O–H groups in total. The molecular formula is C12H15FN2O. The lowest BCUT2D eigenvalue weighted by Crippen LogP contribution is -2.34. The van der Waals surface area contributed by atoms with Crippen LogP contribution in [0.1, 0.15) is 19.3 Å². The molecular weight excluding hydrogens is 207 g/mol. The number of rotatable bonds is 2. The van der Waals surface area contributed by atoms with Crippen molar-refractivity contribution in [2.45, 2.75) is 19.3 Å². The van der Waals surface area contributed by atoms with E-state index >= 15 is 0 Å². The van der Waals surface area contributed by atoms with Crippen LogP contribution in [0.3, 0.4) is 0 Å². The molecule has 0 radical (unpaired) electrons. The summed E-state index contributed by atoms with van der Waals surface area (Å²) >= 11 is 0.